The highest BCUT2D eigenvalue weighted by molar-refractivity contribution is 6.27. The highest BCUT2D eigenvalue weighted by Crippen LogP contribution is 2.24. The molecular weight excluding hydrogens is 480 g/mol. The monoisotopic (exact) mass is 522 g/mol. The van der Waals surface area contributed by atoms with Gasteiger partial charge in [-0.1, -0.05) is 36.4 Å². The van der Waals surface area contributed by atoms with Gasteiger partial charge in [-0.2, -0.15) is 0 Å². The Morgan fingerprint density at radius 1 is 0.947 bits per heavy atom. The van der Waals surface area contributed by atoms with E-state index in [4.69, 9.17) is 19.8 Å². The Bertz CT molecular complexity index is 1080. The van der Waals surface area contributed by atoms with Crippen LogP contribution in [0.2, 0.25) is 0 Å². The second-order valence-corrected chi connectivity index (χ2v) is 10.7. The number of carbonyl (C=O) groups excluding carboxylic acids is 1. The summed E-state index contributed by atoms with van der Waals surface area (Å²) in [4.78, 5) is 32.0. The Kier molecular flexibility index (Phi) is 11.5. The molecule has 1 atom stereocenters. The first-order valence-electron chi connectivity index (χ1n) is 13.8. The smallest absolute Gasteiger partial charge is 0.414 e. The summed E-state index contributed by atoms with van der Waals surface area (Å²) in [6.07, 6.45) is 9.53. The van der Waals surface area contributed by atoms with Crippen molar-refractivity contribution in [3.8, 4) is 0 Å². The summed E-state index contributed by atoms with van der Waals surface area (Å²) in [6, 6.07) is 14.3. The summed E-state index contributed by atoms with van der Waals surface area (Å²) in [6.45, 7) is 9.03. The Labute approximate surface area is 226 Å². The van der Waals surface area contributed by atoms with Crippen LogP contribution in [0.25, 0.3) is 0 Å². The van der Waals surface area contributed by atoms with Crippen LogP contribution in [-0.2, 0) is 46.5 Å². The number of hydrogen-bond donors (Lipinski definition) is 3. The van der Waals surface area contributed by atoms with Gasteiger partial charge in [-0.05, 0) is 124 Å². The van der Waals surface area contributed by atoms with E-state index in [0.717, 1.165) is 32.2 Å². The lowest BCUT2D eigenvalue weighted by atomic mass is 9.89. The van der Waals surface area contributed by atoms with Crippen LogP contribution in [0.4, 0.5) is 0 Å². The maximum absolute atomic E-state index is 11.2. The van der Waals surface area contributed by atoms with Crippen molar-refractivity contribution in [3.05, 3.63) is 69.8 Å². The second-order valence-electron chi connectivity index (χ2n) is 10.7. The first kappa shape index (κ1) is 29.5. The van der Waals surface area contributed by atoms with E-state index < -0.39 is 11.9 Å². The van der Waals surface area contributed by atoms with Crippen LogP contribution < -0.4 is 5.32 Å². The third-order valence-corrected chi connectivity index (χ3v) is 7.56. The van der Waals surface area contributed by atoms with Gasteiger partial charge in [0.2, 0.25) is 0 Å². The van der Waals surface area contributed by atoms with Crippen molar-refractivity contribution in [2.45, 2.75) is 65.2 Å². The van der Waals surface area contributed by atoms with Crippen molar-refractivity contribution in [2.75, 3.05) is 32.7 Å². The number of rotatable bonds is 8. The average Bonchev–Trinajstić information content (AvgIpc) is 2.87. The molecule has 1 saturated heterocycles. The van der Waals surface area contributed by atoms with Crippen molar-refractivity contribution in [1.29, 1.82) is 0 Å². The van der Waals surface area contributed by atoms with Crippen molar-refractivity contribution < 1.29 is 24.6 Å². The molecule has 206 valence electrons. The molecule has 1 fully saturated rings. The number of ketones is 1. The zero-order valence-corrected chi connectivity index (χ0v) is 22.8. The molecule has 0 radical (unpaired) electrons. The maximum Gasteiger partial charge on any atom is 0.414 e. The molecule has 4 bridgehead atoms. The minimum atomic E-state index is -1.82. The number of carboxylic acid groups (broad SMARTS) is 2. The van der Waals surface area contributed by atoms with Crippen LogP contribution in [0.3, 0.4) is 0 Å². The summed E-state index contributed by atoms with van der Waals surface area (Å²) in [5, 5.41) is 18.1. The Balaban J connectivity index is 0.000000599. The van der Waals surface area contributed by atoms with Crippen LogP contribution in [0, 0.1) is 12.8 Å². The average molecular weight is 523 g/mol. The lowest BCUT2D eigenvalue weighted by Crippen LogP contribution is -2.40. The minimum Gasteiger partial charge on any atom is -0.473 e. The fraction of sp³-hybridized carbons (Fsp3) is 0.516. The fourth-order valence-electron chi connectivity index (χ4n) is 5.50. The molecule has 3 N–H and O–H groups in total. The summed E-state index contributed by atoms with van der Waals surface area (Å²) >= 11 is 0. The summed E-state index contributed by atoms with van der Waals surface area (Å²) < 4.78 is 0. The topological polar surface area (TPSA) is 107 Å². The third-order valence-electron chi connectivity index (χ3n) is 7.56. The van der Waals surface area contributed by atoms with E-state index >= 15 is 0 Å². The number of piperidine rings is 1. The Morgan fingerprint density at radius 3 is 2.18 bits per heavy atom. The van der Waals surface area contributed by atoms with E-state index in [1.54, 1.807) is 18.1 Å². The summed E-state index contributed by atoms with van der Waals surface area (Å²) in [5.41, 5.74) is 9.05. The zero-order chi connectivity index (χ0) is 27.5. The molecular formula is C31H42N2O5. The second kappa shape index (κ2) is 14.8. The van der Waals surface area contributed by atoms with Gasteiger partial charge in [-0.25, -0.2) is 9.59 Å². The fourth-order valence-corrected chi connectivity index (χ4v) is 5.50. The maximum atomic E-state index is 11.2. The summed E-state index contributed by atoms with van der Waals surface area (Å²) in [5.74, 6) is -2.74. The molecule has 1 heterocycles. The SMILES string of the molecule is CC(=O)CNCC1CCCN(CCCc2cc3c(C)cc2CCc2ccc(cc2)CC3)C1.O=C(O)C(=O)O. The quantitative estimate of drug-likeness (QED) is 0.452. The van der Waals surface area contributed by atoms with E-state index in [9.17, 15) is 4.79 Å². The number of nitrogens with zero attached hydrogens (tertiary/aromatic N) is 1. The van der Waals surface area contributed by atoms with Crippen LogP contribution >= 0.6 is 0 Å². The highest BCUT2D eigenvalue weighted by Gasteiger charge is 2.19. The third kappa shape index (κ3) is 9.69. The number of likely N-dealkylation sites (tertiary alicyclic amines) is 1. The van der Waals surface area contributed by atoms with Crippen molar-refractivity contribution in [1.82, 2.24) is 10.2 Å². The van der Waals surface area contributed by atoms with E-state index in [2.05, 4.69) is 53.5 Å². The molecule has 0 spiro atoms. The lowest BCUT2D eigenvalue weighted by Gasteiger charge is -2.33. The van der Waals surface area contributed by atoms with E-state index in [1.807, 2.05) is 0 Å². The minimum absolute atomic E-state index is 0.230. The number of carbonyl (C=O) groups is 3. The number of Topliss-reactive ketones (excluding diaryl/α,β-unsaturated/α-hetero) is 1. The van der Waals surface area contributed by atoms with Gasteiger partial charge < -0.3 is 20.4 Å². The molecule has 1 aliphatic heterocycles. The standard InChI is InChI=1S/C29H40N2O.C2H2O4/c1-22-17-29-14-12-25-9-7-24(8-10-25)11-13-27(22)18-28(29)6-4-16-31-15-3-5-26(21-31)20-30-19-23(2)32;3-1(4)2(5)6/h7-10,17-18,26,30H,3-6,11-16,19-21H2,1-2H3;(H,3,4)(H,5,6). The molecule has 7 heteroatoms. The van der Waals surface area contributed by atoms with Crippen LogP contribution in [0.5, 0.6) is 0 Å². The van der Waals surface area contributed by atoms with Gasteiger partial charge in [0.15, 0.2) is 0 Å². The molecule has 38 heavy (non-hydrogen) atoms. The van der Waals surface area contributed by atoms with Gasteiger partial charge in [-0.15, -0.1) is 0 Å². The van der Waals surface area contributed by atoms with Gasteiger partial charge in [0.25, 0.3) is 0 Å². The first-order valence-corrected chi connectivity index (χ1v) is 13.8. The van der Waals surface area contributed by atoms with Crippen molar-refractivity contribution in [3.63, 3.8) is 0 Å². The molecule has 0 saturated carbocycles. The van der Waals surface area contributed by atoms with Gasteiger partial charge in [0, 0.05) is 6.54 Å². The number of aliphatic carboxylic acids is 2. The first-order chi connectivity index (χ1) is 18.2. The molecule has 2 aromatic carbocycles. The number of hydrogen-bond acceptors (Lipinski definition) is 5. The Morgan fingerprint density at radius 2 is 1.58 bits per heavy atom. The van der Waals surface area contributed by atoms with E-state index in [-0.39, 0.29) is 5.78 Å². The van der Waals surface area contributed by atoms with Crippen molar-refractivity contribution >= 4 is 17.7 Å². The number of nitrogens with one attached hydrogen (secondary N) is 1. The molecule has 7 nitrogen and oxygen atoms in total. The molecule has 5 aliphatic rings. The van der Waals surface area contributed by atoms with Crippen LogP contribution in [0.1, 0.15) is 59.6 Å². The number of carboxylic acids is 2. The molecule has 0 aromatic heterocycles. The number of benzene rings is 2. The summed E-state index contributed by atoms with van der Waals surface area (Å²) in [7, 11) is 0. The van der Waals surface area contributed by atoms with E-state index in [1.165, 1.54) is 67.6 Å². The van der Waals surface area contributed by atoms with Crippen LogP contribution in [-0.4, -0.2) is 65.6 Å². The van der Waals surface area contributed by atoms with Gasteiger partial charge in [0.05, 0.1) is 6.54 Å². The normalized spacial score (nSPS) is 17.2. The molecule has 1 unspecified atom stereocenters. The zero-order valence-electron chi connectivity index (χ0n) is 22.8. The molecule has 4 aliphatic carbocycles. The largest absolute Gasteiger partial charge is 0.473 e. The van der Waals surface area contributed by atoms with Gasteiger partial charge in [0.1, 0.15) is 5.78 Å². The number of aryl methyl sites for hydroxylation is 6. The molecule has 7 rings (SSSR count). The lowest BCUT2D eigenvalue weighted by molar-refractivity contribution is -0.159. The van der Waals surface area contributed by atoms with Crippen molar-refractivity contribution in [2.24, 2.45) is 5.92 Å². The predicted octanol–water partition coefficient (Wildman–Crippen LogP) is 3.86. The molecule has 0 amide bonds. The van der Waals surface area contributed by atoms with Gasteiger partial charge in [-0.3, -0.25) is 4.79 Å². The van der Waals surface area contributed by atoms with E-state index in [0.29, 0.717) is 12.5 Å². The van der Waals surface area contributed by atoms with Crippen LogP contribution in [0.15, 0.2) is 36.4 Å². The predicted molar refractivity (Wildman–Crippen MR) is 149 cm³/mol. The molecule has 2 aromatic rings. The Hall–Kier alpha value is -3.03. The highest BCUT2D eigenvalue weighted by atomic mass is 16.4. The van der Waals surface area contributed by atoms with Gasteiger partial charge >= 0.3 is 11.9 Å².